The van der Waals surface area contributed by atoms with Crippen LogP contribution in [0.5, 0.6) is 5.88 Å². The van der Waals surface area contributed by atoms with Crippen LogP contribution in [0.3, 0.4) is 0 Å². The van der Waals surface area contributed by atoms with E-state index in [-0.39, 0.29) is 23.8 Å². The fourth-order valence-electron chi connectivity index (χ4n) is 3.88. The highest BCUT2D eigenvalue weighted by Gasteiger charge is 2.56. The largest absolute Gasteiger partial charge is 0.470 e. The minimum absolute atomic E-state index is 0.125. The lowest BCUT2D eigenvalue weighted by atomic mass is 9.67. The summed E-state index contributed by atoms with van der Waals surface area (Å²) in [6, 6.07) is 9.16. The van der Waals surface area contributed by atoms with E-state index < -0.39 is 23.3 Å². The number of ketones is 1. The van der Waals surface area contributed by atoms with E-state index >= 15 is 0 Å². The van der Waals surface area contributed by atoms with Crippen LogP contribution >= 0.6 is 0 Å². The summed E-state index contributed by atoms with van der Waals surface area (Å²) in [7, 11) is 3.69. The van der Waals surface area contributed by atoms with Crippen molar-refractivity contribution in [3.05, 3.63) is 47.2 Å². The normalized spacial score (nSPS) is 24.7. The second-order valence-electron chi connectivity index (χ2n) is 7.12. The average molecular weight is 371 g/mol. The van der Waals surface area contributed by atoms with Gasteiger partial charge in [0, 0.05) is 5.92 Å². The molecule has 0 saturated carbocycles. The molecule has 0 aliphatic heterocycles. The number of ether oxygens (including phenoxy) is 1. The lowest BCUT2D eigenvalue weighted by molar-refractivity contribution is -0.136. The molecular formula is C20H25N3O4. The zero-order valence-electron chi connectivity index (χ0n) is 16.0. The number of nitrogens with one attached hydrogen (secondary N) is 1. The molecule has 0 amide bonds. The molecule has 1 aliphatic carbocycles. The molecular weight excluding hydrogens is 346 g/mol. The molecule has 7 heteroatoms. The molecule has 1 aromatic heterocycles. The van der Waals surface area contributed by atoms with Crippen LogP contribution in [0.4, 0.5) is 0 Å². The van der Waals surface area contributed by atoms with Crippen molar-refractivity contribution >= 4 is 11.5 Å². The van der Waals surface area contributed by atoms with E-state index in [0.29, 0.717) is 12.2 Å². The SMILES string of the molecule is CCC1C(N(C)C)c2onc(OCc3ccccc3)c2C(=N)C1(O)C(C)=O. The fraction of sp³-hybridized carbons (Fsp3) is 0.450. The van der Waals surface area contributed by atoms with E-state index in [0.717, 1.165) is 5.56 Å². The first-order chi connectivity index (χ1) is 12.8. The third-order valence-corrected chi connectivity index (χ3v) is 5.26. The number of benzene rings is 1. The van der Waals surface area contributed by atoms with Crippen LogP contribution in [0.2, 0.25) is 0 Å². The summed E-state index contributed by atoms with van der Waals surface area (Å²) in [5.74, 6) is -0.405. The number of fused-ring (bicyclic) bond motifs is 1. The zero-order valence-corrected chi connectivity index (χ0v) is 16.0. The Morgan fingerprint density at radius 2 is 2.04 bits per heavy atom. The third-order valence-electron chi connectivity index (χ3n) is 5.26. The number of carbonyl (C=O) groups excluding carboxylic acids is 1. The summed E-state index contributed by atoms with van der Waals surface area (Å²) in [4.78, 5) is 14.3. The Morgan fingerprint density at radius 1 is 1.37 bits per heavy atom. The number of hydrogen-bond acceptors (Lipinski definition) is 7. The van der Waals surface area contributed by atoms with Crippen LogP contribution in [0.1, 0.15) is 43.2 Å². The monoisotopic (exact) mass is 371 g/mol. The minimum atomic E-state index is -1.91. The topological polar surface area (TPSA) is 99.7 Å². The minimum Gasteiger partial charge on any atom is -0.470 e. The first-order valence-corrected chi connectivity index (χ1v) is 8.97. The van der Waals surface area contributed by atoms with Crippen molar-refractivity contribution in [2.75, 3.05) is 14.1 Å². The van der Waals surface area contributed by atoms with Crippen molar-refractivity contribution in [2.45, 2.75) is 38.5 Å². The van der Waals surface area contributed by atoms with Gasteiger partial charge in [0.1, 0.15) is 12.2 Å². The molecule has 27 heavy (non-hydrogen) atoms. The number of hydrogen-bond donors (Lipinski definition) is 2. The molecule has 2 aromatic rings. The van der Waals surface area contributed by atoms with Gasteiger partial charge in [0.25, 0.3) is 5.88 Å². The predicted octanol–water partition coefficient (Wildman–Crippen LogP) is 2.58. The van der Waals surface area contributed by atoms with Gasteiger partial charge in [-0.1, -0.05) is 37.3 Å². The van der Waals surface area contributed by atoms with Crippen molar-refractivity contribution < 1.29 is 19.2 Å². The summed E-state index contributed by atoms with van der Waals surface area (Å²) >= 11 is 0. The smallest absolute Gasteiger partial charge is 0.264 e. The Morgan fingerprint density at radius 3 is 2.59 bits per heavy atom. The zero-order chi connectivity index (χ0) is 19.8. The standard InChI is InChI=1S/C20H25N3O4/c1-5-14-16(23(3)4)17-15(18(21)20(14,25)12(2)24)19(22-27-17)26-11-13-9-7-6-8-10-13/h6-10,14,16,21,25H,5,11H2,1-4H3. The summed E-state index contributed by atoms with van der Waals surface area (Å²) in [6.45, 7) is 3.44. The molecule has 0 radical (unpaired) electrons. The maximum Gasteiger partial charge on any atom is 0.264 e. The average Bonchev–Trinajstić information content (AvgIpc) is 3.06. The molecule has 2 N–H and O–H groups in total. The van der Waals surface area contributed by atoms with Gasteiger partial charge < -0.3 is 19.8 Å². The Balaban J connectivity index is 2.05. The van der Waals surface area contributed by atoms with Crippen LogP contribution in [0.15, 0.2) is 34.9 Å². The summed E-state index contributed by atoms with van der Waals surface area (Å²) < 4.78 is 11.3. The fourth-order valence-corrected chi connectivity index (χ4v) is 3.88. The number of nitrogens with zero attached hydrogens (tertiary/aromatic N) is 2. The summed E-state index contributed by atoms with van der Waals surface area (Å²) in [6.07, 6.45) is 0.502. The molecule has 1 aromatic carbocycles. The van der Waals surface area contributed by atoms with Gasteiger partial charge in [-0.25, -0.2) is 0 Å². The molecule has 0 spiro atoms. The highest BCUT2D eigenvalue weighted by atomic mass is 16.5. The highest BCUT2D eigenvalue weighted by molar-refractivity contribution is 6.20. The molecule has 0 saturated heterocycles. The van der Waals surface area contributed by atoms with Gasteiger partial charge in [-0.2, -0.15) is 0 Å². The Hall–Kier alpha value is -2.51. The molecule has 3 unspecified atom stereocenters. The van der Waals surface area contributed by atoms with Crippen LogP contribution in [0, 0.1) is 11.3 Å². The van der Waals surface area contributed by atoms with E-state index in [4.69, 9.17) is 14.7 Å². The summed E-state index contributed by atoms with van der Waals surface area (Å²) in [5.41, 5.74) is -0.909. The van der Waals surface area contributed by atoms with Gasteiger partial charge in [0.05, 0.1) is 11.8 Å². The van der Waals surface area contributed by atoms with Gasteiger partial charge >= 0.3 is 0 Å². The second kappa shape index (κ2) is 7.25. The lowest BCUT2D eigenvalue weighted by Crippen LogP contribution is -2.58. The number of rotatable bonds is 6. The van der Waals surface area contributed by atoms with E-state index in [1.165, 1.54) is 6.92 Å². The molecule has 1 heterocycles. The number of aromatic nitrogens is 1. The quantitative estimate of drug-likeness (QED) is 0.810. The molecule has 3 atom stereocenters. The Bertz CT molecular complexity index is 846. The van der Waals surface area contributed by atoms with Crippen molar-refractivity contribution in [1.29, 1.82) is 5.41 Å². The summed E-state index contributed by atoms with van der Waals surface area (Å²) in [5, 5.41) is 23.8. The van der Waals surface area contributed by atoms with Gasteiger partial charge in [0.15, 0.2) is 17.1 Å². The van der Waals surface area contributed by atoms with Gasteiger partial charge in [-0.05, 0) is 38.2 Å². The van der Waals surface area contributed by atoms with Crippen LogP contribution < -0.4 is 4.74 Å². The van der Waals surface area contributed by atoms with Crippen molar-refractivity contribution in [2.24, 2.45) is 5.92 Å². The van der Waals surface area contributed by atoms with Crippen LogP contribution in [0.25, 0.3) is 0 Å². The number of Topliss-reactive ketones (excluding diaryl/α,β-unsaturated/α-hetero) is 1. The third kappa shape index (κ3) is 3.07. The Labute approximate surface area is 158 Å². The van der Waals surface area contributed by atoms with E-state index in [2.05, 4.69) is 5.16 Å². The predicted molar refractivity (Wildman–Crippen MR) is 99.9 cm³/mol. The van der Waals surface area contributed by atoms with Crippen molar-refractivity contribution in [3.8, 4) is 5.88 Å². The first kappa shape index (κ1) is 19.3. The second-order valence-corrected chi connectivity index (χ2v) is 7.12. The Kier molecular flexibility index (Phi) is 5.17. The number of carbonyl (C=O) groups is 1. The molecule has 0 fully saturated rings. The van der Waals surface area contributed by atoms with E-state index in [1.807, 2.05) is 56.3 Å². The number of aliphatic hydroxyl groups is 1. The van der Waals surface area contributed by atoms with Crippen LogP contribution in [-0.4, -0.2) is 46.4 Å². The van der Waals surface area contributed by atoms with E-state index in [9.17, 15) is 9.90 Å². The molecule has 7 nitrogen and oxygen atoms in total. The van der Waals surface area contributed by atoms with Crippen LogP contribution in [-0.2, 0) is 11.4 Å². The maximum atomic E-state index is 12.4. The van der Waals surface area contributed by atoms with Gasteiger partial charge in [0.2, 0.25) is 0 Å². The first-order valence-electron chi connectivity index (χ1n) is 8.97. The van der Waals surface area contributed by atoms with E-state index in [1.54, 1.807) is 0 Å². The highest BCUT2D eigenvalue weighted by Crippen LogP contribution is 2.47. The van der Waals surface area contributed by atoms with Gasteiger partial charge in [-0.15, -0.1) is 0 Å². The van der Waals surface area contributed by atoms with Crippen molar-refractivity contribution in [1.82, 2.24) is 10.1 Å². The molecule has 1 aliphatic rings. The molecule has 144 valence electrons. The molecule has 0 bridgehead atoms. The lowest BCUT2D eigenvalue weighted by Gasteiger charge is -2.44. The van der Waals surface area contributed by atoms with Crippen molar-refractivity contribution in [3.63, 3.8) is 0 Å². The maximum absolute atomic E-state index is 12.4. The van der Waals surface area contributed by atoms with Gasteiger partial charge in [-0.3, -0.25) is 9.69 Å². The molecule has 3 rings (SSSR count).